The van der Waals surface area contributed by atoms with Gasteiger partial charge in [0, 0.05) is 5.92 Å². The molecule has 3 nitrogen and oxygen atoms in total. The van der Waals surface area contributed by atoms with E-state index in [1.165, 1.54) is 0 Å². The van der Waals surface area contributed by atoms with Crippen LogP contribution in [0.25, 0.3) is 0 Å². The second-order valence-corrected chi connectivity index (χ2v) is 8.88. The van der Waals surface area contributed by atoms with Gasteiger partial charge in [-0.3, -0.25) is 4.79 Å². The minimum atomic E-state index is -0.866. The maximum absolute atomic E-state index is 11.9. The maximum Gasteiger partial charge on any atom is 0.307 e. The summed E-state index contributed by atoms with van der Waals surface area (Å²) in [4.78, 5) is 11.9. The van der Waals surface area contributed by atoms with E-state index in [-0.39, 0.29) is 16.6 Å². The first-order chi connectivity index (χ1) is 8.59. The molecule has 0 aromatic heterocycles. The predicted molar refractivity (Wildman–Crippen MR) is 83.7 cm³/mol. The number of aliphatic hydroxyl groups is 1. The van der Waals surface area contributed by atoms with Gasteiger partial charge >= 0.3 is 5.97 Å². The number of aliphatic hydroxyl groups excluding tert-OH is 1. The van der Waals surface area contributed by atoms with E-state index in [0.29, 0.717) is 0 Å². The fraction of sp³-hybridized carbons (Fsp3) is 0.824. The van der Waals surface area contributed by atoms with Gasteiger partial charge in [0.05, 0.1) is 11.7 Å². The zero-order valence-corrected chi connectivity index (χ0v) is 14.4. The molecule has 3 heteroatoms. The number of hydrogen-bond donors (Lipinski definition) is 2. The lowest BCUT2D eigenvalue weighted by molar-refractivity contribution is -0.152. The monoisotopic (exact) mass is 284 g/mol. The smallest absolute Gasteiger partial charge is 0.307 e. The Morgan fingerprint density at radius 1 is 0.950 bits per heavy atom. The van der Waals surface area contributed by atoms with E-state index in [0.717, 1.165) is 6.42 Å². The predicted octanol–water partition coefficient (Wildman–Crippen LogP) is 4.88. The van der Waals surface area contributed by atoms with Crippen LogP contribution in [0.1, 0.15) is 61.8 Å². The lowest BCUT2D eigenvalue weighted by Gasteiger charge is -2.44. The molecular formula is C17H32O3. The van der Waals surface area contributed by atoms with Crippen LogP contribution < -0.4 is 0 Å². The van der Waals surface area contributed by atoms with Gasteiger partial charge in [-0.1, -0.05) is 62.0 Å². The van der Waals surface area contributed by atoms with Gasteiger partial charge in [0.25, 0.3) is 0 Å². The third kappa shape index (κ3) is 5.18. The Morgan fingerprint density at radius 2 is 1.35 bits per heavy atom. The van der Waals surface area contributed by atoms with Crippen molar-refractivity contribution in [3.05, 3.63) is 12.3 Å². The molecule has 0 amide bonds. The van der Waals surface area contributed by atoms with Crippen molar-refractivity contribution in [3.8, 4) is 0 Å². The molecule has 118 valence electrons. The van der Waals surface area contributed by atoms with E-state index >= 15 is 0 Å². The van der Waals surface area contributed by atoms with Crippen LogP contribution in [0.2, 0.25) is 0 Å². The summed E-state index contributed by atoms with van der Waals surface area (Å²) >= 11 is 0. The molecule has 0 aliphatic carbocycles. The van der Waals surface area contributed by atoms with Crippen LogP contribution >= 0.6 is 0 Å². The van der Waals surface area contributed by atoms with E-state index in [9.17, 15) is 15.0 Å². The Hall–Kier alpha value is -0.990. The molecule has 0 heterocycles. The fourth-order valence-corrected chi connectivity index (χ4v) is 3.60. The summed E-state index contributed by atoms with van der Waals surface area (Å²) in [5.74, 6) is -2.04. The topological polar surface area (TPSA) is 57.5 Å². The van der Waals surface area contributed by atoms with E-state index in [1.807, 2.05) is 34.6 Å². The van der Waals surface area contributed by atoms with Gasteiger partial charge in [-0.05, 0) is 22.7 Å². The summed E-state index contributed by atoms with van der Waals surface area (Å²) in [6.07, 6.45) is 0.761. The van der Waals surface area contributed by atoms with E-state index in [4.69, 9.17) is 0 Å². The molecule has 0 aliphatic heterocycles. The van der Waals surface area contributed by atoms with Crippen LogP contribution in [0.3, 0.4) is 0 Å². The SMILES string of the molecule is C=C(O)C(C(C(=O)O)C(C)(C)CC(C)(C)C)C(C)(C)C. The average molecular weight is 284 g/mol. The molecule has 20 heavy (non-hydrogen) atoms. The third-order valence-corrected chi connectivity index (χ3v) is 3.72. The van der Waals surface area contributed by atoms with Crippen molar-refractivity contribution in [1.29, 1.82) is 0 Å². The summed E-state index contributed by atoms with van der Waals surface area (Å²) < 4.78 is 0. The van der Waals surface area contributed by atoms with Crippen LogP contribution in [0, 0.1) is 28.1 Å². The lowest BCUT2D eigenvalue weighted by atomic mass is 9.59. The van der Waals surface area contributed by atoms with Crippen LogP contribution in [0.4, 0.5) is 0 Å². The number of carboxylic acids is 1. The molecule has 0 aliphatic rings. The molecule has 0 saturated heterocycles. The largest absolute Gasteiger partial charge is 0.513 e. The highest BCUT2D eigenvalue weighted by molar-refractivity contribution is 5.72. The number of carbonyl (C=O) groups is 1. The maximum atomic E-state index is 11.9. The van der Waals surface area contributed by atoms with Crippen molar-refractivity contribution >= 4 is 5.97 Å². The second-order valence-electron chi connectivity index (χ2n) is 8.88. The number of rotatable bonds is 5. The third-order valence-electron chi connectivity index (χ3n) is 3.72. The quantitative estimate of drug-likeness (QED) is 0.707. The number of aliphatic carboxylic acids is 1. The molecule has 0 aromatic rings. The highest BCUT2D eigenvalue weighted by Gasteiger charge is 2.48. The normalized spacial score (nSPS) is 16.6. The van der Waals surface area contributed by atoms with Crippen molar-refractivity contribution in [2.24, 2.45) is 28.1 Å². The van der Waals surface area contributed by atoms with E-state index < -0.39 is 23.2 Å². The van der Waals surface area contributed by atoms with Gasteiger partial charge in [0.15, 0.2) is 0 Å². The molecule has 0 fully saturated rings. The Bertz CT molecular complexity index is 367. The number of allylic oxidation sites excluding steroid dienone is 1. The van der Waals surface area contributed by atoms with Crippen molar-refractivity contribution in [2.75, 3.05) is 0 Å². The van der Waals surface area contributed by atoms with Crippen LogP contribution in [-0.2, 0) is 4.79 Å². The van der Waals surface area contributed by atoms with Crippen LogP contribution in [-0.4, -0.2) is 16.2 Å². The summed E-state index contributed by atoms with van der Waals surface area (Å²) in [6, 6.07) is 0. The zero-order chi connectivity index (χ0) is 16.5. The van der Waals surface area contributed by atoms with Gasteiger partial charge in [0.1, 0.15) is 0 Å². The van der Waals surface area contributed by atoms with Crippen molar-refractivity contribution < 1.29 is 15.0 Å². The molecule has 2 atom stereocenters. The summed E-state index contributed by atoms with van der Waals surface area (Å²) in [6.45, 7) is 19.7. The fourth-order valence-electron chi connectivity index (χ4n) is 3.60. The number of carboxylic acid groups (broad SMARTS) is 1. The Kier molecular flexibility index (Phi) is 5.50. The molecule has 0 rings (SSSR count). The standard InChI is InChI=1S/C17H32O3/c1-11(18)12(16(5,6)7)13(14(19)20)17(8,9)10-15(2,3)4/h12-13,18H,1,10H2,2-9H3,(H,19,20). The van der Waals surface area contributed by atoms with Crippen LogP contribution in [0.5, 0.6) is 0 Å². The van der Waals surface area contributed by atoms with Crippen LogP contribution in [0.15, 0.2) is 12.3 Å². The van der Waals surface area contributed by atoms with E-state index in [2.05, 4.69) is 27.4 Å². The molecule has 0 bridgehead atoms. The number of hydrogen-bond acceptors (Lipinski definition) is 2. The first kappa shape index (κ1) is 19.0. The summed E-state index contributed by atoms with van der Waals surface area (Å²) in [5.41, 5.74) is -0.770. The highest BCUT2D eigenvalue weighted by Crippen LogP contribution is 2.48. The minimum absolute atomic E-state index is 0.0242. The Labute approximate surface area is 124 Å². The van der Waals surface area contributed by atoms with Crippen molar-refractivity contribution in [2.45, 2.75) is 61.8 Å². The minimum Gasteiger partial charge on any atom is -0.513 e. The molecule has 0 saturated carbocycles. The van der Waals surface area contributed by atoms with Gasteiger partial charge < -0.3 is 10.2 Å². The second kappa shape index (κ2) is 5.79. The molecule has 0 spiro atoms. The molecule has 2 N–H and O–H groups in total. The van der Waals surface area contributed by atoms with Gasteiger partial charge in [-0.2, -0.15) is 0 Å². The lowest BCUT2D eigenvalue weighted by Crippen LogP contribution is -2.44. The van der Waals surface area contributed by atoms with Crippen molar-refractivity contribution in [3.63, 3.8) is 0 Å². The Morgan fingerprint density at radius 3 is 1.55 bits per heavy atom. The van der Waals surface area contributed by atoms with Gasteiger partial charge in [0.2, 0.25) is 0 Å². The zero-order valence-electron chi connectivity index (χ0n) is 14.4. The Balaban J connectivity index is 5.75. The molecule has 2 unspecified atom stereocenters. The summed E-state index contributed by atoms with van der Waals surface area (Å²) in [7, 11) is 0. The highest BCUT2D eigenvalue weighted by atomic mass is 16.4. The van der Waals surface area contributed by atoms with Gasteiger partial charge in [-0.15, -0.1) is 0 Å². The first-order valence-corrected chi connectivity index (χ1v) is 7.20. The first-order valence-electron chi connectivity index (χ1n) is 7.20. The molecule has 0 aromatic carbocycles. The average Bonchev–Trinajstić information content (AvgIpc) is 2.05. The summed E-state index contributed by atoms with van der Waals surface area (Å²) in [5, 5.41) is 19.7. The van der Waals surface area contributed by atoms with Crippen molar-refractivity contribution in [1.82, 2.24) is 0 Å². The molecule has 0 radical (unpaired) electrons. The molecular weight excluding hydrogens is 252 g/mol. The van der Waals surface area contributed by atoms with E-state index in [1.54, 1.807) is 0 Å². The van der Waals surface area contributed by atoms with Gasteiger partial charge in [-0.25, -0.2) is 0 Å².